The maximum atomic E-state index is 11.9. The number of hydrogen-bond acceptors (Lipinski definition) is 6. The first-order valence-electron chi connectivity index (χ1n) is 4.66. The van der Waals surface area contributed by atoms with Gasteiger partial charge in [-0.05, 0) is 6.92 Å². The van der Waals surface area contributed by atoms with E-state index >= 15 is 0 Å². The molecule has 0 aliphatic carbocycles. The van der Waals surface area contributed by atoms with Gasteiger partial charge in [-0.15, -0.1) is 0 Å². The minimum absolute atomic E-state index is 0.148. The van der Waals surface area contributed by atoms with Crippen LogP contribution in [0.3, 0.4) is 0 Å². The van der Waals surface area contributed by atoms with E-state index in [0.29, 0.717) is 0 Å². The Kier molecular flexibility index (Phi) is 2.59. The predicted molar refractivity (Wildman–Crippen MR) is 55.4 cm³/mol. The fourth-order valence-electron chi connectivity index (χ4n) is 1.35. The largest absolute Gasteiger partial charge is 0.369 e. The summed E-state index contributed by atoms with van der Waals surface area (Å²) in [5, 5.41) is 9.57. The molecule has 0 aromatic carbocycles. The predicted octanol–water partition coefficient (Wildman–Crippen LogP) is -0.813. The van der Waals surface area contributed by atoms with Crippen molar-refractivity contribution in [1.29, 1.82) is 0 Å². The third kappa shape index (κ3) is 1.53. The van der Waals surface area contributed by atoms with Gasteiger partial charge in [-0.2, -0.15) is 4.98 Å². The lowest BCUT2D eigenvalue weighted by Crippen LogP contribution is -2.30. The minimum atomic E-state index is -1.45. The zero-order valence-electron chi connectivity index (χ0n) is 8.54. The third-order valence-electron chi connectivity index (χ3n) is 2.06. The molecule has 8 heteroatoms. The van der Waals surface area contributed by atoms with Crippen LogP contribution in [-0.4, -0.2) is 31.2 Å². The molecule has 0 aliphatic rings. The Morgan fingerprint density at radius 2 is 2.50 bits per heavy atom. The average Bonchev–Trinajstić information content (AvgIpc) is 2.66. The van der Waals surface area contributed by atoms with Crippen molar-refractivity contribution in [3.63, 3.8) is 0 Å². The minimum Gasteiger partial charge on any atom is -0.369 e. The number of aliphatic hydroxyl groups is 1. The highest BCUT2D eigenvalue weighted by Crippen LogP contribution is 2.09. The maximum Gasteiger partial charge on any atom is 0.285 e. The molecule has 1 atom stereocenters. The summed E-state index contributed by atoms with van der Waals surface area (Å²) >= 11 is 0. The molecule has 2 aromatic rings. The molecule has 0 radical (unpaired) electrons. The topological polar surface area (TPSA) is 119 Å². The molecule has 2 heterocycles. The van der Waals surface area contributed by atoms with E-state index in [1.807, 2.05) is 0 Å². The van der Waals surface area contributed by atoms with Crippen LogP contribution in [0.25, 0.3) is 11.2 Å². The Bertz CT molecular complexity index is 560. The van der Waals surface area contributed by atoms with Gasteiger partial charge in [0, 0.05) is 6.61 Å². The van der Waals surface area contributed by atoms with Crippen LogP contribution in [0.4, 0.5) is 5.95 Å². The van der Waals surface area contributed by atoms with Crippen LogP contribution in [0, 0.1) is 0 Å². The van der Waals surface area contributed by atoms with Gasteiger partial charge in [0.25, 0.3) is 5.56 Å². The number of aromatic nitrogens is 4. The molecular formula is C8H11N5O3. The number of ether oxygens (including phenoxy) is 1. The van der Waals surface area contributed by atoms with E-state index in [1.165, 1.54) is 6.33 Å². The number of imidazole rings is 1. The number of aromatic amines is 1. The van der Waals surface area contributed by atoms with E-state index in [4.69, 9.17) is 10.5 Å². The van der Waals surface area contributed by atoms with Crippen molar-refractivity contribution in [3.8, 4) is 0 Å². The number of hydrogen-bond donors (Lipinski definition) is 3. The Morgan fingerprint density at radius 1 is 1.75 bits per heavy atom. The summed E-state index contributed by atoms with van der Waals surface area (Å²) in [6.07, 6.45) is -0.117. The number of rotatable bonds is 3. The van der Waals surface area contributed by atoms with Crippen molar-refractivity contribution in [1.82, 2.24) is 19.5 Å². The SMILES string of the molecule is CCOC(O)n1c(N)nc2nc[nH]c2c1=O. The highest BCUT2D eigenvalue weighted by Gasteiger charge is 2.16. The molecule has 0 aliphatic heterocycles. The summed E-state index contributed by atoms with van der Waals surface area (Å²) in [7, 11) is 0. The van der Waals surface area contributed by atoms with Gasteiger partial charge in [0.05, 0.1) is 6.33 Å². The monoisotopic (exact) mass is 225 g/mol. The molecule has 8 nitrogen and oxygen atoms in total. The van der Waals surface area contributed by atoms with Gasteiger partial charge in [-0.25, -0.2) is 9.55 Å². The molecular weight excluding hydrogens is 214 g/mol. The van der Waals surface area contributed by atoms with E-state index in [1.54, 1.807) is 6.92 Å². The number of nitrogen functional groups attached to an aromatic ring is 1. The molecule has 0 bridgehead atoms. The summed E-state index contributed by atoms with van der Waals surface area (Å²) in [5.74, 6) is -0.148. The Balaban J connectivity index is 2.64. The number of nitrogens with one attached hydrogen (secondary N) is 1. The third-order valence-corrected chi connectivity index (χ3v) is 2.06. The number of anilines is 1. The van der Waals surface area contributed by atoms with Gasteiger partial charge in [0.1, 0.15) is 0 Å². The van der Waals surface area contributed by atoms with Crippen LogP contribution in [0.1, 0.15) is 13.3 Å². The smallest absolute Gasteiger partial charge is 0.285 e. The number of H-pyrrole nitrogens is 1. The fourth-order valence-corrected chi connectivity index (χ4v) is 1.35. The lowest BCUT2D eigenvalue weighted by atomic mass is 10.5. The van der Waals surface area contributed by atoms with E-state index in [0.717, 1.165) is 4.57 Å². The second kappa shape index (κ2) is 3.91. The van der Waals surface area contributed by atoms with Crippen LogP contribution in [0.2, 0.25) is 0 Å². The van der Waals surface area contributed by atoms with Crippen LogP contribution in [0.15, 0.2) is 11.1 Å². The maximum absolute atomic E-state index is 11.9. The van der Waals surface area contributed by atoms with Crippen molar-refractivity contribution >= 4 is 17.1 Å². The van der Waals surface area contributed by atoms with E-state index < -0.39 is 12.0 Å². The van der Waals surface area contributed by atoms with Crippen molar-refractivity contribution in [2.45, 2.75) is 13.3 Å². The van der Waals surface area contributed by atoms with Crippen molar-refractivity contribution in [2.75, 3.05) is 12.3 Å². The lowest BCUT2D eigenvalue weighted by molar-refractivity contribution is -0.149. The second-order valence-electron chi connectivity index (χ2n) is 3.03. The van der Waals surface area contributed by atoms with Gasteiger partial charge in [-0.3, -0.25) is 4.79 Å². The molecule has 0 saturated heterocycles. The summed E-state index contributed by atoms with van der Waals surface area (Å²) in [6.45, 7) is 1.93. The molecule has 0 fully saturated rings. The van der Waals surface area contributed by atoms with Gasteiger partial charge >= 0.3 is 0 Å². The van der Waals surface area contributed by atoms with Crippen LogP contribution >= 0.6 is 0 Å². The zero-order valence-corrected chi connectivity index (χ0v) is 8.54. The molecule has 2 aromatic heterocycles. The van der Waals surface area contributed by atoms with Crippen molar-refractivity contribution in [3.05, 3.63) is 16.7 Å². The first-order valence-corrected chi connectivity index (χ1v) is 4.66. The fraction of sp³-hybridized carbons (Fsp3) is 0.375. The molecule has 86 valence electrons. The quantitative estimate of drug-likeness (QED) is 0.587. The molecule has 0 spiro atoms. The molecule has 0 saturated carbocycles. The number of aliphatic hydroxyl groups excluding tert-OH is 1. The van der Waals surface area contributed by atoms with Crippen LogP contribution < -0.4 is 11.3 Å². The Hall–Kier alpha value is -1.93. The first-order chi connectivity index (χ1) is 7.65. The Labute approximate surface area is 89.7 Å². The summed E-state index contributed by atoms with van der Waals surface area (Å²) in [4.78, 5) is 22.1. The van der Waals surface area contributed by atoms with E-state index in [2.05, 4.69) is 15.0 Å². The molecule has 0 amide bonds. The van der Waals surface area contributed by atoms with Crippen molar-refractivity contribution in [2.24, 2.45) is 0 Å². The standard InChI is InChI=1S/C8H11N5O3/c1-2-16-8(15)13-6(14)4-5(11-3-10-4)12-7(13)9/h3,8,15H,2H2,1H3,(H2,9,12)(H,10,11). The number of fused-ring (bicyclic) bond motifs is 1. The van der Waals surface area contributed by atoms with Gasteiger partial charge in [0.2, 0.25) is 12.4 Å². The molecule has 2 rings (SSSR count). The normalized spacial score (nSPS) is 13.1. The summed E-state index contributed by atoms with van der Waals surface area (Å²) < 4.78 is 5.73. The average molecular weight is 225 g/mol. The van der Waals surface area contributed by atoms with E-state index in [9.17, 15) is 9.90 Å². The first kappa shape index (κ1) is 10.6. The van der Waals surface area contributed by atoms with Gasteiger partial charge in [-0.1, -0.05) is 0 Å². The second-order valence-corrected chi connectivity index (χ2v) is 3.03. The van der Waals surface area contributed by atoms with Gasteiger partial charge in [0.15, 0.2) is 11.2 Å². The highest BCUT2D eigenvalue weighted by molar-refractivity contribution is 5.69. The molecule has 16 heavy (non-hydrogen) atoms. The number of nitrogens with two attached hydrogens (primary N) is 1. The summed E-state index contributed by atoms with van der Waals surface area (Å²) in [5.41, 5.74) is 5.39. The van der Waals surface area contributed by atoms with Crippen LogP contribution in [-0.2, 0) is 4.74 Å². The molecule has 1 unspecified atom stereocenters. The zero-order chi connectivity index (χ0) is 11.7. The summed E-state index contributed by atoms with van der Waals surface area (Å²) in [6, 6.07) is 0. The number of nitrogens with zero attached hydrogens (tertiary/aromatic N) is 3. The van der Waals surface area contributed by atoms with Crippen molar-refractivity contribution < 1.29 is 9.84 Å². The van der Waals surface area contributed by atoms with Crippen LogP contribution in [0.5, 0.6) is 0 Å². The van der Waals surface area contributed by atoms with E-state index in [-0.39, 0.29) is 23.7 Å². The lowest BCUT2D eigenvalue weighted by Gasteiger charge is -2.14. The van der Waals surface area contributed by atoms with Gasteiger partial charge < -0.3 is 20.6 Å². The Morgan fingerprint density at radius 3 is 3.19 bits per heavy atom. The molecule has 4 N–H and O–H groups in total. The highest BCUT2D eigenvalue weighted by atomic mass is 16.6.